The largest absolute Gasteiger partial charge is 0.399 e. The van der Waals surface area contributed by atoms with Crippen molar-refractivity contribution in [3.63, 3.8) is 0 Å². The van der Waals surface area contributed by atoms with Crippen LogP contribution in [0.1, 0.15) is 12.0 Å². The van der Waals surface area contributed by atoms with Gasteiger partial charge in [-0.05, 0) is 44.1 Å². The lowest BCUT2D eigenvalue weighted by Crippen LogP contribution is -2.44. The highest BCUT2D eigenvalue weighted by Gasteiger charge is 2.12. The van der Waals surface area contributed by atoms with Gasteiger partial charge in [-0.3, -0.25) is 0 Å². The molecule has 1 aromatic rings. The number of likely N-dealkylation sites (N-methyl/N-ethyl adjacent to an activating group) is 1. The molecule has 1 aliphatic rings. The van der Waals surface area contributed by atoms with Crippen molar-refractivity contribution in [2.24, 2.45) is 0 Å². The molecule has 1 heterocycles. The Bertz CT molecular complexity index is 326. The minimum atomic E-state index is 0.854. The first-order chi connectivity index (χ1) is 8.24. The lowest BCUT2D eigenvalue weighted by atomic mass is 10.1. The molecule has 0 atom stereocenters. The van der Waals surface area contributed by atoms with E-state index in [1.54, 1.807) is 0 Å². The molecule has 17 heavy (non-hydrogen) atoms. The molecule has 1 aliphatic heterocycles. The molecule has 0 bridgehead atoms. The normalized spacial score (nSPS) is 18.4. The highest BCUT2D eigenvalue weighted by atomic mass is 15.2. The van der Waals surface area contributed by atoms with Crippen molar-refractivity contribution in [1.82, 2.24) is 9.80 Å². The molecule has 2 rings (SSSR count). The van der Waals surface area contributed by atoms with Gasteiger partial charge in [0.1, 0.15) is 0 Å². The molecule has 0 amide bonds. The number of benzene rings is 1. The molecular weight excluding hydrogens is 210 g/mol. The summed E-state index contributed by atoms with van der Waals surface area (Å²) in [6.07, 6.45) is 2.40. The van der Waals surface area contributed by atoms with Crippen LogP contribution in [0.3, 0.4) is 0 Å². The molecule has 0 aliphatic carbocycles. The van der Waals surface area contributed by atoms with E-state index in [-0.39, 0.29) is 0 Å². The maximum Gasteiger partial charge on any atom is 0.0314 e. The van der Waals surface area contributed by atoms with Crippen molar-refractivity contribution in [3.05, 3.63) is 29.8 Å². The van der Waals surface area contributed by atoms with Crippen LogP contribution in [0.2, 0.25) is 0 Å². The number of rotatable bonds is 4. The molecule has 0 saturated carbocycles. The smallest absolute Gasteiger partial charge is 0.0314 e. The molecule has 0 unspecified atom stereocenters. The number of nitrogens with two attached hydrogens (primary N) is 1. The second-order valence-corrected chi connectivity index (χ2v) is 4.99. The minimum absolute atomic E-state index is 0.854. The summed E-state index contributed by atoms with van der Waals surface area (Å²) < 4.78 is 0. The molecule has 2 N–H and O–H groups in total. The van der Waals surface area contributed by atoms with Gasteiger partial charge in [-0.25, -0.2) is 0 Å². The zero-order valence-corrected chi connectivity index (χ0v) is 10.7. The van der Waals surface area contributed by atoms with E-state index in [1.165, 1.54) is 44.7 Å². The van der Waals surface area contributed by atoms with Gasteiger partial charge in [0.2, 0.25) is 0 Å². The molecule has 1 aromatic carbocycles. The summed E-state index contributed by atoms with van der Waals surface area (Å²) in [7, 11) is 2.20. The van der Waals surface area contributed by atoms with E-state index >= 15 is 0 Å². The number of anilines is 1. The predicted octanol–water partition coefficient (Wildman–Crippen LogP) is 1.45. The Kier molecular flexibility index (Phi) is 4.40. The highest BCUT2D eigenvalue weighted by Crippen LogP contribution is 2.08. The number of hydrogen-bond acceptors (Lipinski definition) is 3. The Morgan fingerprint density at radius 3 is 2.35 bits per heavy atom. The van der Waals surface area contributed by atoms with Gasteiger partial charge in [0.05, 0.1) is 0 Å². The summed E-state index contributed by atoms with van der Waals surface area (Å²) in [4.78, 5) is 4.97. The molecule has 1 fully saturated rings. The summed E-state index contributed by atoms with van der Waals surface area (Å²) in [5.74, 6) is 0. The van der Waals surface area contributed by atoms with Gasteiger partial charge < -0.3 is 15.5 Å². The topological polar surface area (TPSA) is 32.5 Å². The van der Waals surface area contributed by atoms with Crippen molar-refractivity contribution in [2.75, 3.05) is 45.5 Å². The second kappa shape index (κ2) is 6.03. The van der Waals surface area contributed by atoms with Crippen molar-refractivity contribution < 1.29 is 0 Å². The van der Waals surface area contributed by atoms with Gasteiger partial charge >= 0.3 is 0 Å². The third kappa shape index (κ3) is 4.02. The third-order valence-corrected chi connectivity index (χ3v) is 3.52. The summed E-state index contributed by atoms with van der Waals surface area (Å²) in [6.45, 7) is 6.08. The molecule has 0 radical (unpaired) electrons. The Morgan fingerprint density at radius 1 is 1.06 bits per heavy atom. The Balaban J connectivity index is 1.67. The summed E-state index contributed by atoms with van der Waals surface area (Å²) >= 11 is 0. The van der Waals surface area contributed by atoms with Crippen LogP contribution in [0.5, 0.6) is 0 Å². The van der Waals surface area contributed by atoms with Crippen LogP contribution in [0.4, 0.5) is 5.69 Å². The maximum atomic E-state index is 5.67. The summed E-state index contributed by atoms with van der Waals surface area (Å²) in [5, 5.41) is 0. The number of hydrogen-bond donors (Lipinski definition) is 1. The summed E-state index contributed by atoms with van der Waals surface area (Å²) in [5.41, 5.74) is 7.92. The van der Waals surface area contributed by atoms with Crippen LogP contribution >= 0.6 is 0 Å². The standard InChI is InChI=1S/C14H23N3/c1-16-9-11-17(12-10-16)8-2-3-13-4-6-14(15)7-5-13/h4-7H,2-3,8-12,15H2,1H3. The van der Waals surface area contributed by atoms with E-state index in [4.69, 9.17) is 5.73 Å². The predicted molar refractivity (Wildman–Crippen MR) is 73.1 cm³/mol. The van der Waals surface area contributed by atoms with Crippen molar-refractivity contribution >= 4 is 5.69 Å². The van der Waals surface area contributed by atoms with E-state index in [2.05, 4.69) is 29.0 Å². The highest BCUT2D eigenvalue weighted by molar-refractivity contribution is 5.39. The zero-order chi connectivity index (χ0) is 12.1. The molecule has 3 nitrogen and oxygen atoms in total. The zero-order valence-electron chi connectivity index (χ0n) is 10.7. The van der Waals surface area contributed by atoms with Crippen molar-refractivity contribution in [2.45, 2.75) is 12.8 Å². The Morgan fingerprint density at radius 2 is 1.71 bits per heavy atom. The fourth-order valence-corrected chi connectivity index (χ4v) is 2.26. The Labute approximate surface area is 104 Å². The molecular formula is C14H23N3. The Hall–Kier alpha value is -1.06. The molecule has 94 valence electrons. The molecule has 3 heteroatoms. The van der Waals surface area contributed by atoms with Crippen molar-refractivity contribution in [3.8, 4) is 0 Å². The lowest BCUT2D eigenvalue weighted by Gasteiger charge is -2.32. The van der Waals surface area contributed by atoms with Gasteiger partial charge in [-0.2, -0.15) is 0 Å². The van der Waals surface area contributed by atoms with E-state index in [0.29, 0.717) is 0 Å². The average molecular weight is 233 g/mol. The monoisotopic (exact) mass is 233 g/mol. The lowest BCUT2D eigenvalue weighted by molar-refractivity contribution is 0.153. The van der Waals surface area contributed by atoms with Gasteiger partial charge in [-0.1, -0.05) is 12.1 Å². The van der Waals surface area contributed by atoms with E-state index in [9.17, 15) is 0 Å². The van der Waals surface area contributed by atoms with E-state index in [1.807, 2.05) is 12.1 Å². The number of nitrogens with zero attached hydrogens (tertiary/aromatic N) is 2. The van der Waals surface area contributed by atoms with Gasteiger partial charge in [-0.15, -0.1) is 0 Å². The van der Waals surface area contributed by atoms with Crippen LogP contribution < -0.4 is 5.73 Å². The minimum Gasteiger partial charge on any atom is -0.399 e. The fourth-order valence-electron chi connectivity index (χ4n) is 2.26. The van der Waals surface area contributed by atoms with Gasteiger partial charge in [0, 0.05) is 31.9 Å². The van der Waals surface area contributed by atoms with Crippen LogP contribution in [0.25, 0.3) is 0 Å². The second-order valence-electron chi connectivity index (χ2n) is 4.99. The SMILES string of the molecule is CN1CCN(CCCc2ccc(N)cc2)CC1. The van der Waals surface area contributed by atoms with Crippen molar-refractivity contribution in [1.29, 1.82) is 0 Å². The first-order valence-electron chi connectivity index (χ1n) is 6.49. The van der Waals surface area contributed by atoms with Crippen LogP contribution in [-0.2, 0) is 6.42 Å². The van der Waals surface area contributed by atoms with Gasteiger partial charge in [0.15, 0.2) is 0 Å². The van der Waals surface area contributed by atoms with E-state index in [0.717, 1.165) is 12.1 Å². The number of piperazine rings is 1. The van der Waals surface area contributed by atoms with Gasteiger partial charge in [0.25, 0.3) is 0 Å². The third-order valence-electron chi connectivity index (χ3n) is 3.52. The maximum absolute atomic E-state index is 5.67. The summed E-state index contributed by atoms with van der Waals surface area (Å²) in [6, 6.07) is 8.26. The van der Waals surface area contributed by atoms with E-state index < -0.39 is 0 Å². The van der Waals surface area contributed by atoms with Crippen LogP contribution in [0.15, 0.2) is 24.3 Å². The molecule has 0 aromatic heterocycles. The molecule has 0 spiro atoms. The number of aryl methyl sites for hydroxylation is 1. The molecule has 1 saturated heterocycles. The number of nitrogen functional groups attached to an aromatic ring is 1. The average Bonchev–Trinajstić information content (AvgIpc) is 2.34. The van der Waals surface area contributed by atoms with Crippen LogP contribution in [-0.4, -0.2) is 49.6 Å². The van der Waals surface area contributed by atoms with Crippen LogP contribution in [0, 0.1) is 0 Å². The first-order valence-corrected chi connectivity index (χ1v) is 6.49. The first kappa shape index (κ1) is 12.4. The quantitative estimate of drug-likeness (QED) is 0.799. The fraction of sp³-hybridized carbons (Fsp3) is 0.571.